The zero-order valence-electron chi connectivity index (χ0n) is 14.1. The van der Waals surface area contributed by atoms with Crippen molar-refractivity contribution in [2.45, 2.75) is 33.7 Å². The van der Waals surface area contributed by atoms with Gasteiger partial charge < -0.3 is 10.2 Å². The van der Waals surface area contributed by atoms with E-state index in [1.54, 1.807) is 6.92 Å². The van der Waals surface area contributed by atoms with Gasteiger partial charge in [-0.3, -0.25) is 9.69 Å². The Labute approximate surface area is 134 Å². The van der Waals surface area contributed by atoms with Crippen LogP contribution in [0.15, 0.2) is 24.3 Å². The molecule has 4 nitrogen and oxygen atoms in total. The highest BCUT2D eigenvalue weighted by molar-refractivity contribution is 5.73. The highest BCUT2D eigenvalue weighted by Crippen LogP contribution is 2.18. The van der Waals surface area contributed by atoms with E-state index in [2.05, 4.69) is 48.3 Å². The van der Waals surface area contributed by atoms with Crippen LogP contribution in [-0.4, -0.2) is 48.4 Å². The Morgan fingerprint density at radius 2 is 1.86 bits per heavy atom. The van der Waals surface area contributed by atoms with Crippen LogP contribution in [-0.2, 0) is 11.3 Å². The Hall–Kier alpha value is -1.55. The summed E-state index contributed by atoms with van der Waals surface area (Å²) in [7, 11) is 0. The van der Waals surface area contributed by atoms with Crippen LogP contribution >= 0.6 is 0 Å². The second kappa shape index (κ2) is 8.18. The highest BCUT2D eigenvalue weighted by Gasteiger charge is 2.19. The molecule has 1 aliphatic heterocycles. The minimum atomic E-state index is 0.190. The van der Waals surface area contributed by atoms with Crippen LogP contribution in [0, 0.1) is 5.92 Å². The van der Waals surface area contributed by atoms with Crippen molar-refractivity contribution >= 4 is 11.6 Å². The number of carbonyl (C=O) groups excluding carboxylic acids is 1. The van der Waals surface area contributed by atoms with Crippen molar-refractivity contribution in [2.75, 3.05) is 38.0 Å². The van der Waals surface area contributed by atoms with E-state index < -0.39 is 0 Å². The second-order valence-corrected chi connectivity index (χ2v) is 6.55. The largest absolute Gasteiger partial charge is 0.385 e. The lowest BCUT2D eigenvalue weighted by atomic mass is 10.1. The lowest BCUT2D eigenvalue weighted by Crippen LogP contribution is -2.47. The number of benzene rings is 1. The Morgan fingerprint density at radius 3 is 2.50 bits per heavy atom. The first-order chi connectivity index (χ1) is 10.6. The molecule has 0 aliphatic carbocycles. The Kier molecular flexibility index (Phi) is 6.25. The molecular weight excluding hydrogens is 274 g/mol. The van der Waals surface area contributed by atoms with E-state index >= 15 is 0 Å². The van der Waals surface area contributed by atoms with Crippen molar-refractivity contribution < 1.29 is 4.79 Å². The number of nitrogens with one attached hydrogen (secondary N) is 1. The van der Waals surface area contributed by atoms with Crippen LogP contribution in [0.1, 0.15) is 32.8 Å². The van der Waals surface area contributed by atoms with E-state index in [1.807, 2.05) is 4.90 Å². The number of piperazine rings is 1. The zero-order valence-corrected chi connectivity index (χ0v) is 14.1. The molecule has 1 aromatic rings. The molecule has 1 N–H and O–H groups in total. The van der Waals surface area contributed by atoms with Gasteiger partial charge in [0.15, 0.2) is 0 Å². The fraction of sp³-hybridized carbons (Fsp3) is 0.611. The molecule has 0 aromatic heterocycles. The van der Waals surface area contributed by atoms with Crippen LogP contribution in [0.4, 0.5) is 5.69 Å². The van der Waals surface area contributed by atoms with Gasteiger partial charge in [-0.15, -0.1) is 0 Å². The number of nitrogens with zero attached hydrogens (tertiary/aromatic N) is 2. The van der Waals surface area contributed by atoms with Crippen LogP contribution in [0.5, 0.6) is 0 Å². The number of rotatable bonds is 6. The first-order valence-electron chi connectivity index (χ1n) is 8.36. The van der Waals surface area contributed by atoms with Crippen LogP contribution < -0.4 is 5.32 Å². The van der Waals surface area contributed by atoms with Gasteiger partial charge in [0.2, 0.25) is 5.91 Å². The third-order valence-corrected chi connectivity index (χ3v) is 4.27. The lowest BCUT2D eigenvalue weighted by molar-refractivity contribution is -0.130. The van der Waals surface area contributed by atoms with Gasteiger partial charge >= 0.3 is 0 Å². The van der Waals surface area contributed by atoms with Gasteiger partial charge in [0.05, 0.1) is 0 Å². The van der Waals surface area contributed by atoms with Gasteiger partial charge in [-0.2, -0.15) is 0 Å². The molecular formula is C18H29N3O. The molecule has 1 fully saturated rings. The number of amides is 1. The van der Waals surface area contributed by atoms with Gasteiger partial charge in [0, 0.05) is 51.9 Å². The highest BCUT2D eigenvalue weighted by atomic mass is 16.2. The summed E-state index contributed by atoms with van der Waals surface area (Å²) >= 11 is 0. The van der Waals surface area contributed by atoms with Crippen molar-refractivity contribution in [1.82, 2.24) is 9.80 Å². The average molecular weight is 303 g/mol. The predicted molar refractivity (Wildman–Crippen MR) is 91.9 cm³/mol. The molecule has 0 spiro atoms. The summed E-state index contributed by atoms with van der Waals surface area (Å²) in [5.41, 5.74) is 2.60. The number of hydrogen-bond donors (Lipinski definition) is 1. The van der Waals surface area contributed by atoms with Gasteiger partial charge in [-0.05, 0) is 24.0 Å². The second-order valence-electron chi connectivity index (χ2n) is 6.55. The van der Waals surface area contributed by atoms with Gasteiger partial charge in [-0.25, -0.2) is 0 Å². The van der Waals surface area contributed by atoms with E-state index in [0.717, 1.165) is 45.2 Å². The molecule has 1 aromatic carbocycles. The van der Waals surface area contributed by atoms with Gasteiger partial charge in [-0.1, -0.05) is 32.0 Å². The van der Waals surface area contributed by atoms with Gasteiger partial charge in [0.25, 0.3) is 0 Å². The van der Waals surface area contributed by atoms with E-state index in [0.29, 0.717) is 0 Å². The quantitative estimate of drug-likeness (QED) is 0.878. The summed E-state index contributed by atoms with van der Waals surface area (Å²) in [4.78, 5) is 15.8. The van der Waals surface area contributed by atoms with E-state index in [-0.39, 0.29) is 5.91 Å². The van der Waals surface area contributed by atoms with Crippen molar-refractivity contribution in [3.05, 3.63) is 29.8 Å². The Morgan fingerprint density at radius 1 is 1.18 bits per heavy atom. The van der Waals surface area contributed by atoms with Crippen molar-refractivity contribution in [2.24, 2.45) is 5.92 Å². The minimum Gasteiger partial charge on any atom is -0.385 e. The topological polar surface area (TPSA) is 35.6 Å². The Balaban J connectivity index is 1.88. The lowest BCUT2D eigenvalue weighted by Gasteiger charge is -2.34. The molecule has 1 aliphatic rings. The zero-order chi connectivity index (χ0) is 15.9. The average Bonchev–Trinajstić information content (AvgIpc) is 2.49. The first-order valence-corrected chi connectivity index (χ1v) is 8.36. The molecule has 0 saturated carbocycles. The number of carbonyl (C=O) groups is 1. The number of para-hydroxylation sites is 1. The summed E-state index contributed by atoms with van der Waals surface area (Å²) in [6.07, 6.45) is 1.19. The van der Waals surface area contributed by atoms with Crippen LogP contribution in [0.3, 0.4) is 0 Å². The smallest absolute Gasteiger partial charge is 0.219 e. The molecule has 0 radical (unpaired) electrons. The summed E-state index contributed by atoms with van der Waals surface area (Å²) in [6.45, 7) is 11.7. The molecule has 122 valence electrons. The monoisotopic (exact) mass is 303 g/mol. The van der Waals surface area contributed by atoms with E-state index in [1.165, 1.54) is 17.7 Å². The standard InChI is InChI=1S/C18H29N3O/c1-15(2)8-9-19-18-7-5-4-6-17(18)14-20-10-12-21(13-11-20)16(3)22/h4-7,15,19H,8-14H2,1-3H3. The third-order valence-electron chi connectivity index (χ3n) is 4.27. The first kappa shape index (κ1) is 16.8. The normalized spacial score (nSPS) is 16.1. The fourth-order valence-corrected chi connectivity index (χ4v) is 2.79. The molecule has 2 rings (SSSR count). The SMILES string of the molecule is CC(=O)N1CCN(Cc2ccccc2NCCC(C)C)CC1. The number of anilines is 1. The van der Waals surface area contributed by atoms with E-state index in [9.17, 15) is 4.79 Å². The maximum Gasteiger partial charge on any atom is 0.219 e. The van der Waals surface area contributed by atoms with Crippen molar-refractivity contribution in [3.8, 4) is 0 Å². The summed E-state index contributed by atoms with van der Waals surface area (Å²) in [6, 6.07) is 8.57. The molecule has 0 unspecified atom stereocenters. The molecule has 1 amide bonds. The molecule has 4 heteroatoms. The van der Waals surface area contributed by atoms with Crippen molar-refractivity contribution in [3.63, 3.8) is 0 Å². The molecule has 22 heavy (non-hydrogen) atoms. The van der Waals surface area contributed by atoms with Gasteiger partial charge in [0.1, 0.15) is 0 Å². The van der Waals surface area contributed by atoms with Crippen LogP contribution in [0.25, 0.3) is 0 Å². The van der Waals surface area contributed by atoms with Crippen molar-refractivity contribution in [1.29, 1.82) is 0 Å². The molecule has 0 bridgehead atoms. The molecule has 0 atom stereocenters. The summed E-state index contributed by atoms with van der Waals surface area (Å²) in [5, 5.41) is 3.57. The molecule has 1 heterocycles. The maximum absolute atomic E-state index is 11.4. The molecule has 1 saturated heterocycles. The Bertz CT molecular complexity index is 479. The summed E-state index contributed by atoms with van der Waals surface area (Å²) < 4.78 is 0. The van der Waals surface area contributed by atoms with E-state index in [4.69, 9.17) is 0 Å². The maximum atomic E-state index is 11.4. The third kappa shape index (κ3) is 5.02. The fourth-order valence-electron chi connectivity index (χ4n) is 2.79. The summed E-state index contributed by atoms with van der Waals surface area (Å²) in [5.74, 6) is 0.912. The predicted octanol–water partition coefficient (Wildman–Crippen LogP) is 2.81. The minimum absolute atomic E-state index is 0.190. The number of hydrogen-bond acceptors (Lipinski definition) is 3. The van der Waals surface area contributed by atoms with Crippen LogP contribution in [0.2, 0.25) is 0 Å².